The van der Waals surface area contributed by atoms with Crippen LogP contribution in [0.1, 0.15) is 24.4 Å². The van der Waals surface area contributed by atoms with Gasteiger partial charge in [-0.2, -0.15) is 5.10 Å². The van der Waals surface area contributed by atoms with Crippen LogP contribution in [0.2, 0.25) is 0 Å². The van der Waals surface area contributed by atoms with Crippen LogP contribution in [-0.4, -0.2) is 19.7 Å². The standard InChI is InChI=1S/C10H17N7/c1-2-17-4-3-13-9(17)5-8(15-12)7-6-14-16-10(7)11/h3-4,6,8,15H,2,5,12H2,1H3,(H3,11,14,16). The van der Waals surface area contributed by atoms with Crippen LogP contribution >= 0.6 is 0 Å². The predicted octanol–water partition coefficient (Wildman–Crippen LogP) is -0.0446. The molecule has 0 aromatic carbocycles. The molecular weight excluding hydrogens is 218 g/mol. The topological polar surface area (TPSA) is 111 Å². The van der Waals surface area contributed by atoms with Crippen LogP contribution in [0.5, 0.6) is 0 Å². The molecular formula is C10H17N7. The monoisotopic (exact) mass is 235 g/mol. The Morgan fingerprint density at radius 2 is 2.41 bits per heavy atom. The van der Waals surface area contributed by atoms with Crippen molar-refractivity contribution in [2.75, 3.05) is 5.73 Å². The summed E-state index contributed by atoms with van der Waals surface area (Å²) in [4.78, 5) is 4.31. The molecule has 7 heteroatoms. The molecule has 0 amide bonds. The third-order valence-corrected chi connectivity index (χ3v) is 2.81. The van der Waals surface area contributed by atoms with Gasteiger partial charge < -0.3 is 10.3 Å². The van der Waals surface area contributed by atoms with E-state index in [4.69, 9.17) is 11.6 Å². The second kappa shape index (κ2) is 4.98. The summed E-state index contributed by atoms with van der Waals surface area (Å²) >= 11 is 0. The summed E-state index contributed by atoms with van der Waals surface area (Å²) in [7, 11) is 0. The summed E-state index contributed by atoms with van der Waals surface area (Å²) in [5.41, 5.74) is 9.38. The van der Waals surface area contributed by atoms with Crippen molar-refractivity contribution in [3.05, 3.63) is 30.0 Å². The number of aromatic amines is 1. The molecule has 2 aromatic heterocycles. The first-order valence-corrected chi connectivity index (χ1v) is 5.51. The number of anilines is 1. The molecule has 0 aliphatic rings. The van der Waals surface area contributed by atoms with E-state index in [1.807, 2.05) is 6.20 Å². The number of nitrogens with zero attached hydrogens (tertiary/aromatic N) is 3. The highest BCUT2D eigenvalue weighted by atomic mass is 15.2. The minimum atomic E-state index is -0.0959. The van der Waals surface area contributed by atoms with Crippen molar-refractivity contribution in [3.63, 3.8) is 0 Å². The number of hydrazine groups is 1. The maximum absolute atomic E-state index is 5.78. The lowest BCUT2D eigenvalue weighted by Crippen LogP contribution is -2.30. The Morgan fingerprint density at radius 3 is 3.00 bits per heavy atom. The summed E-state index contributed by atoms with van der Waals surface area (Å²) in [5, 5.41) is 6.59. The SMILES string of the molecule is CCn1ccnc1CC(NN)c1cn[nH]c1N. The first-order valence-electron chi connectivity index (χ1n) is 5.51. The predicted molar refractivity (Wildman–Crippen MR) is 64.7 cm³/mol. The Balaban J connectivity index is 2.19. The van der Waals surface area contributed by atoms with Gasteiger partial charge in [-0.1, -0.05) is 0 Å². The average molecular weight is 235 g/mol. The lowest BCUT2D eigenvalue weighted by Gasteiger charge is -2.15. The van der Waals surface area contributed by atoms with Crippen LogP contribution in [0.25, 0.3) is 0 Å². The van der Waals surface area contributed by atoms with Crippen LogP contribution in [0.4, 0.5) is 5.82 Å². The fourth-order valence-electron chi connectivity index (χ4n) is 1.84. The van der Waals surface area contributed by atoms with Gasteiger partial charge in [-0.25, -0.2) is 4.98 Å². The molecule has 0 radical (unpaired) electrons. The minimum absolute atomic E-state index is 0.0959. The van der Waals surface area contributed by atoms with E-state index in [1.54, 1.807) is 12.4 Å². The van der Waals surface area contributed by atoms with Crippen molar-refractivity contribution in [1.29, 1.82) is 0 Å². The molecule has 1 atom stereocenters. The molecule has 7 nitrogen and oxygen atoms in total. The average Bonchev–Trinajstić information content (AvgIpc) is 2.94. The van der Waals surface area contributed by atoms with Crippen LogP contribution in [-0.2, 0) is 13.0 Å². The van der Waals surface area contributed by atoms with Crippen LogP contribution in [0.15, 0.2) is 18.6 Å². The molecule has 2 rings (SSSR count). The van der Waals surface area contributed by atoms with Gasteiger partial charge in [-0.3, -0.25) is 16.4 Å². The number of nitrogens with one attached hydrogen (secondary N) is 2. The zero-order valence-corrected chi connectivity index (χ0v) is 9.72. The van der Waals surface area contributed by atoms with Crippen LogP contribution < -0.4 is 17.0 Å². The van der Waals surface area contributed by atoms with E-state index in [1.165, 1.54) is 0 Å². The molecule has 0 aliphatic heterocycles. The van der Waals surface area contributed by atoms with Gasteiger partial charge >= 0.3 is 0 Å². The molecule has 2 aromatic rings. The number of aryl methyl sites for hydroxylation is 1. The normalized spacial score (nSPS) is 12.8. The van der Waals surface area contributed by atoms with Crippen molar-refractivity contribution in [1.82, 2.24) is 25.2 Å². The number of nitrogen functional groups attached to an aromatic ring is 1. The van der Waals surface area contributed by atoms with Crippen molar-refractivity contribution < 1.29 is 0 Å². The highest BCUT2D eigenvalue weighted by Crippen LogP contribution is 2.20. The first-order chi connectivity index (χ1) is 8.26. The van der Waals surface area contributed by atoms with Gasteiger partial charge in [0.25, 0.3) is 0 Å². The first kappa shape index (κ1) is 11.6. The Kier molecular flexibility index (Phi) is 3.40. The second-order valence-electron chi connectivity index (χ2n) is 3.79. The quantitative estimate of drug-likeness (QED) is 0.429. The highest BCUT2D eigenvalue weighted by Gasteiger charge is 2.17. The summed E-state index contributed by atoms with van der Waals surface area (Å²) in [6, 6.07) is -0.0959. The third-order valence-electron chi connectivity index (χ3n) is 2.81. The maximum atomic E-state index is 5.78. The lowest BCUT2D eigenvalue weighted by molar-refractivity contribution is 0.524. The molecule has 0 bridgehead atoms. The van der Waals surface area contributed by atoms with Gasteiger partial charge in [0, 0.05) is 30.9 Å². The summed E-state index contributed by atoms with van der Waals surface area (Å²) < 4.78 is 2.07. The minimum Gasteiger partial charge on any atom is -0.384 e. The molecule has 2 heterocycles. The van der Waals surface area contributed by atoms with E-state index in [9.17, 15) is 0 Å². The largest absolute Gasteiger partial charge is 0.384 e. The number of aromatic nitrogens is 4. The molecule has 0 saturated carbocycles. The van der Waals surface area contributed by atoms with Crippen molar-refractivity contribution >= 4 is 5.82 Å². The van der Waals surface area contributed by atoms with E-state index >= 15 is 0 Å². The Bertz CT molecular complexity index is 472. The molecule has 1 unspecified atom stereocenters. The molecule has 0 aliphatic carbocycles. The van der Waals surface area contributed by atoms with E-state index in [0.29, 0.717) is 12.2 Å². The van der Waals surface area contributed by atoms with Crippen molar-refractivity contribution in [3.8, 4) is 0 Å². The fourth-order valence-corrected chi connectivity index (χ4v) is 1.84. The summed E-state index contributed by atoms with van der Waals surface area (Å²) in [6.45, 7) is 2.95. The Hall–Kier alpha value is -1.86. The van der Waals surface area contributed by atoms with Gasteiger partial charge in [0.2, 0.25) is 0 Å². The van der Waals surface area contributed by atoms with E-state index in [0.717, 1.165) is 17.9 Å². The van der Waals surface area contributed by atoms with Gasteiger partial charge in [-0.15, -0.1) is 0 Å². The molecule has 0 saturated heterocycles. The van der Waals surface area contributed by atoms with E-state index in [2.05, 4.69) is 32.1 Å². The van der Waals surface area contributed by atoms with E-state index < -0.39 is 0 Å². The highest BCUT2D eigenvalue weighted by molar-refractivity contribution is 5.39. The zero-order valence-electron chi connectivity index (χ0n) is 9.72. The molecule has 92 valence electrons. The van der Waals surface area contributed by atoms with Gasteiger partial charge in [0.1, 0.15) is 11.6 Å². The van der Waals surface area contributed by atoms with Crippen LogP contribution in [0.3, 0.4) is 0 Å². The molecule has 0 spiro atoms. The number of rotatable bonds is 5. The molecule has 0 fully saturated rings. The lowest BCUT2D eigenvalue weighted by atomic mass is 10.1. The number of nitrogens with two attached hydrogens (primary N) is 2. The number of hydrogen-bond acceptors (Lipinski definition) is 5. The van der Waals surface area contributed by atoms with Crippen molar-refractivity contribution in [2.24, 2.45) is 5.84 Å². The third kappa shape index (κ3) is 2.29. The van der Waals surface area contributed by atoms with Gasteiger partial charge in [0.05, 0.1) is 12.2 Å². The van der Waals surface area contributed by atoms with Gasteiger partial charge in [-0.05, 0) is 6.92 Å². The second-order valence-corrected chi connectivity index (χ2v) is 3.79. The van der Waals surface area contributed by atoms with Crippen molar-refractivity contribution in [2.45, 2.75) is 25.9 Å². The number of hydrogen-bond donors (Lipinski definition) is 4. The molecule has 17 heavy (non-hydrogen) atoms. The van der Waals surface area contributed by atoms with Gasteiger partial charge in [0.15, 0.2) is 0 Å². The summed E-state index contributed by atoms with van der Waals surface area (Å²) in [6.07, 6.45) is 6.08. The smallest absolute Gasteiger partial charge is 0.123 e. The Morgan fingerprint density at radius 1 is 1.59 bits per heavy atom. The van der Waals surface area contributed by atoms with E-state index in [-0.39, 0.29) is 6.04 Å². The zero-order chi connectivity index (χ0) is 12.3. The number of imidazole rings is 1. The Labute approximate surface area is 99.2 Å². The van der Waals surface area contributed by atoms with Crippen LogP contribution in [0, 0.1) is 0 Å². The molecule has 6 N–H and O–H groups in total. The number of H-pyrrole nitrogens is 1. The maximum Gasteiger partial charge on any atom is 0.123 e. The fraction of sp³-hybridized carbons (Fsp3) is 0.400. The summed E-state index contributed by atoms with van der Waals surface area (Å²) in [5.74, 6) is 7.06.